The SMILES string of the molecule is CCCNC(=O)CNC(=O)CCc1ccc(F)cc1. The first-order chi connectivity index (χ1) is 9.11. The highest BCUT2D eigenvalue weighted by atomic mass is 19.1. The Bertz CT molecular complexity index is 418. The molecule has 104 valence electrons. The van der Waals surface area contributed by atoms with E-state index in [1.54, 1.807) is 12.1 Å². The van der Waals surface area contributed by atoms with Crippen molar-refractivity contribution >= 4 is 11.8 Å². The van der Waals surface area contributed by atoms with Crippen molar-refractivity contribution in [2.24, 2.45) is 0 Å². The summed E-state index contributed by atoms with van der Waals surface area (Å²) in [5.74, 6) is -0.659. The van der Waals surface area contributed by atoms with E-state index in [0.717, 1.165) is 12.0 Å². The molecule has 2 N–H and O–H groups in total. The maximum absolute atomic E-state index is 12.7. The predicted octanol–water partition coefficient (Wildman–Crippen LogP) is 1.40. The number of hydrogen-bond donors (Lipinski definition) is 2. The fourth-order valence-electron chi connectivity index (χ4n) is 1.50. The van der Waals surface area contributed by atoms with Gasteiger partial charge in [0.25, 0.3) is 0 Å². The third kappa shape index (κ3) is 6.55. The second kappa shape index (κ2) is 8.24. The molecule has 0 aromatic heterocycles. The maximum Gasteiger partial charge on any atom is 0.239 e. The number of benzene rings is 1. The zero-order valence-corrected chi connectivity index (χ0v) is 11.0. The van der Waals surface area contributed by atoms with Crippen molar-refractivity contribution in [3.63, 3.8) is 0 Å². The molecule has 0 unspecified atom stereocenters. The molecule has 0 saturated heterocycles. The molecule has 0 saturated carbocycles. The number of amides is 2. The Hall–Kier alpha value is -1.91. The van der Waals surface area contributed by atoms with Crippen LogP contribution in [0.5, 0.6) is 0 Å². The molecule has 0 radical (unpaired) electrons. The third-order valence-corrected chi connectivity index (χ3v) is 2.57. The van der Waals surface area contributed by atoms with Crippen LogP contribution in [0.2, 0.25) is 0 Å². The van der Waals surface area contributed by atoms with Crippen molar-refractivity contribution in [2.75, 3.05) is 13.1 Å². The van der Waals surface area contributed by atoms with Crippen molar-refractivity contribution in [3.05, 3.63) is 35.6 Å². The maximum atomic E-state index is 12.7. The van der Waals surface area contributed by atoms with Crippen LogP contribution in [-0.4, -0.2) is 24.9 Å². The zero-order valence-electron chi connectivity index (χ0n) is 11.0. The second-order valence-electron chi connectivity index (χ2n) is 4.25. The van der Waals surface area contributed by atoms with Gasteiger partial charge in [-0.25, -0.2) is 4.39 Å². The molecule has 5 heteroatoms. The topological polar surface area (TPSA) is 58.2 Å². The van der Waals surface area contributed by atoms with Gasteiger partial charge in [-0.2, -0.15) is 0 Å². The van der Waals surface area contributed by atoms with Crippen molar-refractivity contribution in [2.45, 2.75) is 26.2 Å². The van der Waals surface area contributed by atoms with E-state index in [1.807, 2.05) is 6.92 Å². The molecule has 0 aliphatic carbocycles. The number of halogens is 1. The molecule has 19 heavy (non-hydrogen) atoms. The number of rotatable bonds is 7. The Labute approximate surface area is 112 Å². The smallest absolute Gasteiger partial charge is 0.239 e. The average Bonchev–Trinajstić information content (AvgIpc) is 2.42. The van der Waals surface area contributed by atoms with Gasteiger partial charge in [0, 0.05) is 13.0 Å². The van der Waals surface area contributed by atoms with E-state index in [1.165, 1.54) is 12.1 Å². The zero-order chi connectivity index (χ0) is 14.1. The summed E-state index contributed by atoms with van der Waals surface area (Å²) < 4.78 is 12.7. The van der Waals surface area contributed by atoms with Crippen LogP contribution in [-0.2, 0) is 16.0 Å². The Morgan fingerprint density at radius 2 is 1.79 bits per heavy atom. The van der Waals surface area contributed by atoms with Crippen LogP contribution in [0.3, 0.4) is 0 Å². The molecule has 4 nitrogen and oxygen atoms in total. The highest BCUT2D eigenvalue weighted by Crippen LogP contribution is 2.05. The number of carbonyl (C=O) groups excluding carboxylic acids is 2. The molecule has 1 aromatic rings. The summed E-state index contributed by atoms with van der Waals surface area (Å²) in [4.78, 5) is 22.7. The normalized spacial score (nSPS) is 10.0. The molecule has 0 heterocycles. The highest BCUT2D eigenvalue weighted by Gasteiger charge is 2.05. The molecule has 0 fully saturated rings. The van der Waals surface area contributed by atoms with Gasteiger partial charge in [0.2, 0.25) is 11.8 Å². The van der Waals surface area contributed by atoms with E-state index in [0.29, 0.717) is 13.0 Å². The fourth-order valence-corrected chi connectivity index (χ4v) is 1.50. The van der Waals surface area contributed by atoms with Crippen LogP contribution in [0.15, 0.2) is 24.3 Å². The van der Waals surface area contributed by atoms with Gasteiger partial charge >= 0.3 is 0 Å². The molecular formula is C14H19FN2O2. The van der Waals surface area contributed by atoms with Gasteiger partial charge in [0.1, 0.15) is 5.82 Å². The van der Waals surface area contributed by atoms with Crippen LogP contribution in [0.25, 0.3) is 0 Å². The molecule has 0 atom stereocenters. The van der Waals surface area contributed by atoms with Gasteiger partial charge in [0.05, 0.1) is 6.54 Å². The van der Waals surface area contributed by atoms with Gasteiger partial charge in [0.15, 0.2) is 0 Å². The van der Waals surface area contributed by atoms with Gasteiger partial charge < -0.3 is 10.6 Å². The number of carbonyl (C=O) groups is 2. The second-order valence-corrected chi connectivity index (χ2v) is 4.25. The Balaban J connectivity index is 2.21. The van der Waals surface area contributed by atoms with Crippen LogP contribution >= 0.6 is 0 Å². The van der Waals surface area contributed by atoms with Crippen molar-refractivity contribution in [1.82, 2.24) is 10.6 Å². The lowest BCUT2D eigenvalue weighted by molar-refractivity contribution is -0.126. The number of hydrogen-bond acceptors (Lipinski definition) is 2. The molecule has 1 aromatic carbocycles. The Morgan fingerprint density at radius 1 is 1.11 bits per heavy atom. The van der Waals surface area contributed by atoms with Crippen LogP contribution < -0.4 is 10.6 Å². The predicted molar refractivity (Wildman–Crippen MR) is 71.0 cm³/mol. The van der Waals surface area contributed by atoms with E-state index >= 15 is 0 Å². The van der Waals surface area contributed by atoms with E-state index in [9.17, 15) is 14.0 Å². The van der Waals surface area contributed by atoms with Gasteiger partial charge in [-0.1, -0.05) is 19.1 Å². The van der Waals surface area contributed by atoms with Crippen LogP contribution in [0.4, 0.5) is 4.39 Å². The van der Waals surface area contributed by atoms with E-state index in [2.05, 4.69) is 10.6 Å². The average molecular weight is 266 g/mol. The fraction of sp³-hybridized carbons (Fsp3) is 0.429. The minimum atomic E-state index is -0.291. The summed E-state index contributed by atoms with van der Waals surface area (Å²) in [5, 5.41) is 5.22. The van der Waals surface area contributed by atoms with Gasteiger partial charge in [-0.3, -0.25) is 9.59 Å². The third-order valence-electron chi connectivity index (χ3n) is 2.57. The lowest BCUT2D eigenvalue weighted by Crippen LogP contribution is -2.37. The van der Waals surface area contributed by atoms with Gasteiger partial charge in [-0.15, -0.1) is 0 Å². The summed E-state index contributed by atoms with van der Waals surface area (Å²) in [5.41, 5.74) is 0.895. The standard InChI is InChI=1S/C14H19FN2O2/c1-2-9-16-14(19)10-17-13(18)8-5-11-3-6-12(15)7-4-11/h3-4,6-7H,2,5,8-10H2,1H3,(H,16,19)(H,17,18). The molecule has 2 amide bonds. The molecule has 0 aliphatic heterocycles. The van der Waals surface area contributed by atoms with Crippen molar-refractivity contribution < 1.29 is 14.0 Å². The molecule has 0 aliphatic rings. The lowest BCUT2D eigenvalue weighted by Gasteiger charge is -2.06. The number of aryl methyl sites for hydroxylation is 1. The van der Waals surface area contributed by atoms with Crippen LogP contribution in [0, 0.1) is 5.82 Å². The highest BCUT2D eigenvalue weighted by molar-refractivity contribution is 5.84. The minimum Gasteiger partial charge on any atom is -0.355 e. The lowest BCUT2D eigenvalue weighted by atomic mass is 10.1. The minimum absolute atomic E-state index is 0.00223. The summed E-state index contributed by atoms with van der Waals surface area (Å²) in [6.45, 7) is 2.58. The Kier molecular flexibility index (Phi) is 6.57. The number of nitrogens with one attached hydrogen (secondary N) is 2. The van der Waals surface area contributed by atoms with E-state index < -0.39 is 0 Å². The molecular weight excluding hydrogens is 247 g/mol. The summed E-state index contributed by atoms with van der Waals surface area (Å²) in [6.07, 6.45) is 1.68. The quantitative estimate of drug-likeness (QED) is 0.783. The largest absolute Gasteiger partial charge is 0.355 e. The van der Waals surface area contributed by atoms with E-state index in [4.69, 9.17) is 0 Å². The molecule has 0 spiro atoms. The first-order valence-electron chi connectivity index (χ1n) is 6.39. The molecule has 0 bridgehead atoms. The Morgan fingerprint density at radius 3 is 2.42 bits per heavy atom. The van der Waals surface area contributed by atoms with Crippen molar-refractivity contribution in [1.29, 1.82) is 0 Å². The van der Waals surface area contributed by atoms with E-state index in [-0.39, 0.29) is 30.6 Å². The summed E-state index contributed by atoms with van der Waals surface area (Å²) in [7, 11) is 0. The monoisotopic (exact) mass is 266 g/mol. The van der Waals surface area contributed by atoms with Crippen molar-refractivity contribution in [3.8, 4) is 0 Å². The molecule has 1 rings (SSSR count). The summed E-state index contributed by atoms with van der Waals surface area (Å²) in [6, 6.07) is 6.03. The van der Waals surface area contributed by atoms with Gasteiger partial charge in [-0.05, 0) is 30.5 Å². The first kappa shape index (κ1) is 15.1. The summed E-state index contributed by atoms with van der Waals surface area (Å²) >= 11 is 0. The first-order valence-corrected chi connectivity index (χ1v) is 6.39. The van der Waals surface area contributed by atoms with Crippen LogP contribution in [0.1, 0.15) is 25.3 Å².